The quantitative estimate of drug-likeness (QED) is 0.256. The molecule has 0 aromatic heterocycles. The van der Waals surface area contributed by atoms with Crippen molar-refractivity contribution < 1.29 is 77.8 Å². The van der Waals surface area contributed by atoms with Crippen LogP contribution in [0.15, 0.2) is 54.6 Å². The summed E-state index contributed by atoms with van der Waals surface area (Å²) in [6, 6.07) is 19.6. The zero-order valence-electron chi connectivity index (χ0n) is 17.9. The molecule has 14 heteroatoms. The molecule has 0 aliphatic heterocycles. The predicted molar refractivity (Wildman–Crippen MR) is 107 cm³/mol. The molecule has 2 aromatic carbocycles. The van der Waals surface area contributed by atoms with Gasteiger partial charge in [-0.3, -0.25) is 4.79 Å². The number of nitrogens with one attached hydrogen (secondary N) is 1. The molecule has 0 saturated heterocycles. The Morgan fingerprint density at radius 2 is 1.26 bits per heavy atom. The van der Waals surface area contributed by atoms with Crippen LogP contribution >= 0.6 is 0 Å². The first kappa shape index (κ1) is 34.3. The zero-order chi connectivity index (χ0) is 26.6. The van der Waals surface area contributed by atoms with Gasteiger partial charge in [-0.05, 0) is 31.9 Å². The van der Waals surface area contributed by atoms with Crippen molar-refractivity contribution in [2.24, 2.45) is 0 Å². The van der Waals surface area contributed by atoms with Gasteiger partial charge in [0.2, 0.25) is 0 Å². The predicted octanol–water partition coefficient (Wildman–Crippen LogP) is 4.07. The molecule has 0 heterocycles. The van der Waals surface area contributed by atoms with Gasteiger partial charge in [-0.1, -0.05) is 18.2 Å². The van der Waals surface area contributed by atoms with Gasteiger partial charge in [0.25, 0.3) is 5.91 Å². The third kappa shape index (κ3) is 15.6. The molecule has 0 aliphatic rings. The van der Waals surface area contributed by atoms with E-state index in [-0.39, 0.29) is 27.6 Å². The number of aryl methyl sites for hydroxylation is 1. The second-order valence-electron chi connectivity index (χ2n) is 6.61. The number of aliphatic carboxylic acids is 2. The molecular formula is C21H20F6NO6Ti-. The molecule has 0 bridgehead atoms. The molecule has 0 fully saturated rings. The molecule has 0 spiro atoms. The Bertz CT molecular complexity index is 897. The number of halogens is 6. The number of hydrogen-bond acceptors (Lipinski definition) is 4. The van der Waals surface area contributed by atoms with Gasteiger partial charge >= 0.3 is 24.3 Å². The summed E-state index contributed by atoms with van der Waals surface area (Å²) in [4.78, 5) is 29.9. The number of carboxylic acids is 2. The smallest absolute Gasteiger partial charge is 0.475 e. The number of para-hydroxylation sites is 1. The third-order valence-electron chi connectivity index (χ3n) is 3.69. The van der Waals surface area contributed by atoms with Crippen LogP contribution in [0.5, 0.6) is 0 Å². The van der Waals surface area contributed by atoms with Gasteiger partial charge < -0.3 is 20.6 Å². The van der Waals surface area contributed by atoms with Crippen LogP contribution in [0.2, 0.25) is 0 Å². The van der Waals surface area contributed by atoms with Gasteiger partial charge in [-0.15, -0.1) is 0 Å². The van der Waals surface area contributed by atoms with E-state index in [0.29, 0.717) is 18.5 Å². The Balaban J connectivity index is 0. The molecule has 2 rings (SSSR count). The second-order valence-corrected chi connectivity index (χ2v) is 6.61. The van der Waals surface area contributed by atoms with Crippen molar-refractivity contribution in [3.05, 3.63) is 66.2 Å². The monoisotopic (exact) mass is 544 g/mol. The van der Waals surface area contributed by atoms with E-state index >= 15 is 0 Å². The van der Waals surface area contributed by atoms with Crippen molar-refractivity contribution in [1.29, 1.82) is 0 Å². The first-order valence-corrected chi connectivity index (χ1v) is 9.11. The molecule has 0 radical (unpaired) electrons. The van der Waals surface area contributed by atoms with Gasteiger partial charge in [-0.25, -0.2) is 9.59 Å². The van der Waals surface area contributed by atoms with E-state index in [2.05, 4.69) is 11.4 Å². The summed E-state index contributed by atoms with van der Waals surface area (Å²) in [7, 11) is 0. The standard InChI is InChI=1S/C17H18NO2.2C2HF3O2.Ti/c1-17(20,13-12-14-8-4-2-5-9-14)16(19)18-15-10-6-3-7-11-15;2*3-2(4,5)1(6)7;/h3-11,20H,12-13H2,1H3,(H,18,19);2*(H,6,7);/q-1;;;/t17-;;;/m0.../s1. The summed E-state index contributed by atoms with van der Waals surface area (Å²) in [5.74, 6) is -5.90. The van der Waals surface area contributed by atoms with Crippen molar-refractivity contribution in [3.63, 3.8) is 0 Å². The SMILES string of the molecule is C[C@](O)(CCc1cc[c-]cc1)C(=O)Nc1ccccc1.O=C(O)C(F)(F)F.O=C(O)C(F)(F)F.[Ti]. The maximum Gasteiger partial charge on any atom is 0.490 e. The second kappa shape index (κ2) is 15.2. The minimum Gasteiger partial charge on any atom is -0.475 e. The van der Waals surface area contributed by atoms with Crippen molar-refractivity contribution in [2.75, 3.05) is 5.32 Å². The van der Waals surface area contributed by atoms with E-state index in [9.17, 15) is 36.2 Å². The van der Waals surface area contributed by atoms with Crippen molar-refractivity contribution in [2.45, 2.75) is 37.7 Å². The Morgan fingerprint density at radius 3 is 1.63 bits per heavy atom. The molecule has 1 atom stereocenters. The first-order valence-electron chi connectivity index (χ1n) is 9.11. The van der Waals surface area contributed by atoms with Gasteiger partial charge in [0.05, 0.1) is 0 Å². The van der Waals surface area contributed by atoms with Gasteiger partial charge in [-0.2, -0.15) is 62.2 Å². The molecule has 2 aromatic rings. The Hall–Kier alpha value is -2.90. The summed E-state index contributed by atoms with van der Waals surface area (Å²) in [5.41, 5.74) is 0.374. The number of aliphatic hydroxyl groups is 1. The summed E-state index contributed by atoms with van der Waals surface area (Å²) >= 11 is 0. The Labute approximate surface area is 210 Å². The van der Waals surface area contributed by atoms with Crippen LogP contribution < -0.4 is 5.32 Å². The van der Waals surface area contributed by atoms with E-state index < -0.39 is 29.9 Å². The number of carbonyl (C=O) groups excluding carboxylic acids is 1. The Kier molecular flexibility index (Phi) is 14.9. The van der Waals surface area contributed by atoms with Crippen molar-refractivity contribution in [3.8, 4) is 0 Å². The number of carbonyl (C=O) groups is 3. The average molecular weight is 544 g/mol. The number of hydrogen-bond donors (Lipinski definition) is 4. The molecule has 7 nitrogen and oxygen atoms in total. The first-order chi connectivity index (χ1) is 15.5. The van der Waals surface area contributed by atoms with Crippen LogP contribution in [0.4, 0.5) is 32.0 Å². The fraction of sp³-hybridized carbons (Fsp3) is 0.286. The number of amides is 1. The summed E-state index contributed by atoms with van der Waals surface area (Å²) in [5, 5.41) is 27.3. The van der Waals surface area contributed by atoms with E-state index in [0.717, 1.165) is 5.56 Å². The van der Waals surface area contributed by atoms with Crippen molar-refractivity contribution >= 4 is 23.5 Å². The summed E-state index contributed by atoms with van der Waals surface area (Å²) in [6.07, 6.45) is -9.15. The van der Waals surface area contributed by atoms with Crippen LogP contribution in [-0.4, -0.2) is 51.1 Å². The number of carboxylic acid groups (broad SMARTS) is 2. The molecule has 0 unspecified atom stereocenters. The average Bonchev–Trinajstić information content (AvgIpc) is 2.73. The molecule has 192 valence electrons. The maximum absolute atomic E-state index is 12.1. The summed E-state index contributed by atoms with van der Waals surface area (Å²) in [6.45, 7) is 1.54. The number of alkyl halides is 6. The molecule has 35 heavy (non-hydrogen) atoms. The van der Waals surface area contributed by atoms with Gasteiger partial charge in [0.1, 0.15) is 5.60 Å². The minimum absolute atomic E-state index is 0. The molecular weight excluding hydrogens is 524 g/mol. The van der Waals surface area contributed by atoms with Crippen LogP contribution in [-0.2, 0) is 42.5 Å². The van der Waals surface area contributed by atoms with Crippen LogP contribution in [0.1, 0.15) is 18.9 Å². The maximum atomic E-state index is 12.1. The van der Waals surface area contributed by atoms with E-state index in [1.165, 1.54) is 0 Å². The zero-order valence-corrected chi connectivity index (χ0v) is 19.5. The van der Waals surface area contributed by atoms with Gasteiger partial charge in [0.15, 0.2) is 0 Å². The van der Waals surface area contributed by atoms with Gasteiger partial charge in [0, 0.05) is 27.4 Å². The van der Waals surface area contributed by atoms with E-state index in [1.807, 2.05) is 42.5 Å². The molecule has 0 saturated carbocycles. The minimum atomic E-state index is -5.08. The van der Waals surface area contributed by atoms with E-state index in [1.54, 1.807) is 19.1 Å². The number of benzene rings is 2. The largest absolute Gasteiger partial charge is 0.490 e. The fourth-order valence-electron chi connectivity index (χ4n) is 1.88. The normalized spacial score (nSPS) is 12.2. The van der Waals surface area contributed by atoms with Crippen LogP contribution in [0, 0.1) is 6.07 Å². The summed E-state index contributed by atoms with van der Waals surface area (Å²) < 4.78 is 63.5. The van der Waals surface area contributed by atoms with Crippen LogP contribution in [0.25, 0.3) is 0 Å². The van der Waals surface area contributed by atoms with E-state index in [4.69, 9.17) is 19.8 Å². The molecule has 4 N–H and O–H groups in total. The van der Waals surface area contributed by atoms with Crippen LogP contribution in [0.3, 0.4) is 0 Å². The topological polar surface area (TPSA) is 124 Å². The molecule has 1 amide bonds. The fourth-order valence-corrected chi connectivity index (χ4v) is 1.88. The van der Waals surface area contributed by atoms with Crippen molar-refractivity contribution in [1.82, 2.24) is 0 Å². The molecule has 0 aliphatic carbocycles. The number of rotatable bonds is 5. The number of anilines is 1. The Morgan fingerprint density at radius 1 is 0.857 bits per heavy atom. The third-order valence-corrected chi connectivity index (χ3v) is 3.69.